The molecule has 1 aromatic carbocycles. The van der Waals surface area contributed by atoms with Crippen molar-refractivity contribution in [3.63, 3.8) is 0 Å². The number of fused-ring (bicyclic) bond motifs is 1. The van der Waals surface area contributed by atoms with E-state index in [9.17, 15) is 9.59 Å². The number of hydrogen-bond acceptors (Lipinski definition) is 2. The van der Waals surface area contributed by atoms with Gasteiger partial charge in [0.05, 0.1) is 0 Å². The Hall–Kier alpha value is -2.22. The van der Waals surface area contributed by atoms with Crippen molar-refractivity contribution in [2.75, 3.05) is 0 Å². The Morgan fingerprint density at radius 1 is 0.577 bits per heavy atom. The molecule has 1 atom stereocenters. The maximum absolute atomic E-state index is 13.2. The molecule has 0 aliphatic heterocycles. The molecule has 2 heteroatoms. The van der Waals surface area contributed by atoms with Crippen LogP contribution in [0.15, 0.2) is 27.9 Å². The van der Waals surface area contributed by atoms with Crippen molar-refractivity contribution in [1.82, 2.24) is 0 Å². The normalized spacial score (nSPS) is 20.6. The van der Waals surface area contributed by atoms with Gasteiger partial charge in [-0.15, -0.1) is 0 Å². The zero-order valence-electron chi connectivity index (χ0n) is 17.4. The molecule has 1 unspecified atom stereocenters. The summed E-state index contributed by atoms with van der Waals surface area (Å²) in [7, 11) is 0. The van der Waals surface area contributed by atoms with Gasteiger partial charge in [-0.25, -0.2) is 0 Å². The summed E-state index contributed by atoms with van der Waals surface area (Å²) < 4.78 is 0. The topological polar surface area (TPSA) is 34.1 Å². The number of carbonyl (C=O) groups is 2. The first-order chi connectivity index (χ1) is 12.0. The second-order valence-electron chi connectivity index (χ2n) is 7.98. The number of benzene rings is 1. The standard InChI is InChI=1S/C24H28O2/c1-10-11(2)13(4)20-19(12(10)3)14(5)15(6)21(20)22-18(9)23(25)16(7)17(8)24(22)26/h14H,1-9H3. The first-order valence-corrected chi connectivity index (χ1v) is 9.31. The van der Waals surface area contributed by atoms with Crippen LogP contribution >= 0.6 is 0 Å². The zero-order chi connectivity index (χ0) is 19.7. The highest BCUT2D eigenvalue weighted by molar-refractivity contribution is 6.31. The predicted octanol–water partition coefficient (Wildman–Crippen LogP) is 5.62. The Balaban J connectivity index is 2.41. The molecule has 0 aromatic heterocycles. The monoisotopic (exact) mass is 348 g/mol. The third-order valence-corrected chi connectivity index (χ3v) is 6.90. The van der Waals surface area contributed by atoms with Gasteiger partial charge in [-0.3, -0.25) is 9.59 Å². The SMILES string of the molecule is CC1=C(C)C(=O)C(C2=C(C)C(C)c3c(C)c(C)c(C)c(C)c32)=C(C)C1=O. The molecule has 0 heterocycles. The van der Waals surface area contributed by atoms with Crippen molar-refractivity contribution in [1.29, 1.82) is 0 Å². The van der Waals surface area contributed by atoms with E-state index in [0.717, 1.165) is 5.57 Å². The summed E-state index contributed by atoms with van der Waals surface area (Å²) in [6.07, 6.45) is 0. The van der Waals surface area contributed by atoms with E-state index in [4.69, 9.17) is 0 Å². The maximum Gasteiger partial charge on any atom is 0.190 e. The van der Waals surface area contributed by atoms with Gasteiger partial charge in [0.1, 0.15) is 0 Å². The van der Waals surface area contributed by atoms with Gasteiger partial charge >= 0.3 is 0 Å². The van der Waals surface area contributed by atoms with E-state index in [1.165, 1.54) is 39.0 Å². The summed E-state index contributed by atoms with van der Waals surface area (Å²) in [5.41, 5.74) is 12.2. The van der Waals surface area contributed by atoms with Crippen molar-refractivity contribution in [2.24, 2.45) is 0 Å². The highest BCUT2D eigenvalue weighted by atomic mass is 16.1. The zero-order valence-corrected chi connectivity index (χ0v) is 17.4. The molecule has 0 saturated heterocycles. The fourth-order valence-electron chi connectivity index (χ4n) is 4.55. The highest BCUT2D eigenvalue weighted by Gasteiger charge is 2.38. The third-order valence-electron chi connectivity index (χ3n) is 6.90. The molecule has 0 saturated carbocycles. The summed E-state index contributed by atoms with van der Waals surface area (Å²) in [4.78, 5) is 25.9. The van der Waals surface area contributed by atoms with Crippen molar-refractivity contribution >= 4 is 17.1 Å². The van der Waals surface area contributed by atoms with Crippen LogP contribution in [0.1, 0.15) is 73.9 Å². The minimum absolute atomic E-state index is 0.00304. The minimum atomic E-state index is -0.00304. The van der Waals surface area contributed by atoms with E-state index in [-0.39, 0.29) is 17.5 Å². The van der Waals surface area contributed by atoms with Crippen LogP contribution in [0.5, 0.6) is 0 Å². The van der Waals surface area contributed by atoms with Crippen molar-refractivity contribution in [3.05, 3.63) is 61.2 Å². The van der Waals surface area contributed by atoms with Crippen molar-refractivity contribution in [2.45, 2.75) is 68.2 Å². The van der Waals surface area contributed by atoms with Crippen molar-refractivity contribution < 1.29 is 9.59 Å². The molecule has 3 rings (SSSR count). The molecule has 0 amide bonds. The highest BCUT2D eigenvalue weighted by Crippen LogP contribution is 2.50. The summed E-state index contributed by atoms with van der Waals surface area (Å²) in [5, 5.41) is 0. The lowest BCUT2D eigenvalue weighted by Gasteiger charge is -2.23. The van der Waals surface area contributed by atoms with Gasteiger partial charge in [-0.05, 0) is 94.3 Å². The molecule has 136 valence electrons. The molecular weight excluding hydrogens is 320 g/mol. The molecule has 26 heavy (non-hydrogen) atoms. The van der Waals surface area contributed by atoms with Crippen LogP contribution < -0.4 is 0 Å². The number of Topliss-reactive ketones (excluding diaryl/α,β-unsaturated/α-hetero) is 2. The molecule has 2 nitrogen and oxygen atoms in total. The van der Waals surface area contributed by atoms with E-state index in [1.807, 2.05) is 0 Å². The van der Waals surface area contributed by atoms with Crippen molar-refractivity contribution in [3.8, 4) is 0 Å². The van der Waals surface area contributed by atoms with Crippen LogP contribution in [0, 0.1) is 27.7 Å². The molecule has 2 aliphatic rings. The first-order valence-electron chi connectivity index (χ1n) is 9.31. The number of carbonyl (C=O) groups excluding carboxylic acids is 2. The second kappa shape index (κ2) is 5.90. The molecule has 0 radical (unpaired) electrons. The second-order valence-corrected chi connectivity index (χ2v) is 7.98. The van der Waals surface area contributed by atoms with Gasteiger partial charge in [0.2, 0.25) is 0 Å². The van der Waals surface area contributed by atoms with Gasteiger partial charge in [0.15, 0.2) is 11.6 Å². The predicted molar refractivity (Wildman–Crippen MR) is 107 cm³/mol. The Morgan fingerprint density at radius 2 is 1.08 bits per heavy atom. The van der Waals surface area contributed by atoms with Crippen LogP contribution in [-0.4, -0.2) is 11.6 Å². The summed E-state index contributed by atoms with van der Waals surface area (Å²) in [5.74, 6) is 0.259. The molecule has 1 aromatic rings. The molecule has 0 spiro atoms. The van der Waals surface area contributed by atoms with Crippen LogP contribution in [-0.2, 0) is 9.59 Å². The lowest BCUT2D eigenvalue weighted by molar-refractivity contribution is -0.116. The van der Waals surface area contributed by atoms with E-state index in [0.29, 0.717) is 22.3 Å². The molecule has 0 N–H and O–H groups in total. The number of rotatable bonds is 1. The molecule has 2 aliphatic carbocycles. The summed E-state index contributed by atoms with van der Waals surface area (Å²) in [6.45, 7) is 18.3. The maximum atomic E-state index is 13.2. The fourth-order valence-corrected chi connectivity index (χ4v) is 4.55. The number of hydrogen-bond donors (Lipinski definition) is 0. The van der Waals surface area contributed by atoms with E-state index >= 15 is 0 Å². The van der Waals surface area contributed by atoms with Crippen LogP contribution in [0.25, 0.3) is 5.57 Å². The van der Waals surface area contributed by atoms with Gasteiger partial charge in [0, 0.05) is 28.2 Å². The van der Waals surface area contributed by atoms with Crippen LogP contribution in [0.2, 0.25) is 0 Å². The smallest absolute Gasteiger partial charge is 0.190 e. The number of ketones is 2. The van der Waals surface area contributed by atoms with E-state index in [2.05, 4.69) is 41.5 Å². The molecule has 0 bridgehead atoms. The van der Waals surface area contributed by atoms with E-state index in [1.54, 1.807) is 20.8 Å². The summed E-state index contributed by atoms with van der Waals surface area (Å²) >= 11 is 0. The van der Waals surface area contributed by atoms with Crippen LogP contribution in [0.3, 0.4) is 0 Å². The quantitative estimate of drug-likeness (QED) is 0.618. The number of allylic oxidation sites excluding steroid dienone is 6. The van der Waals surface area contributed by atoms with E-state index < -0.39 is 0 Å². The van der Waals surface area contributed by atoms with Gasteiger partial charge < -0.3 is 0 Å². The van der Waals surface area contributed by atoms with Gasteiger partial charge in [0.25, 0.3) is 0 Å². The Morgan fingerprint density at radius 3 is 1.65 bits per heavy atom. The van der Waals surface area contributed by atoms with Crippen LogP contribution in [0.4, 0.5) is 0 Å². The summed E-state index contributed by atoms with van der Waals surface area (Å²) in [6, 6.07) is 0. The minimum Gasteiger partial charge on any atom is -0.289 e. The lowest BCUT2D eigenvalue weighted by atomic mass is 9.78. The average Bonchev–Trinajstić information content (AvgIpc) is 2.87. The first kappa shape index (κ1) is 18.6. The Labute approximate surface area is 156 Å². The Kier molecular flexibility index (Phi) is 4.22. The molecule has 0 fully saturated rings. The Bertz CT molecular complexity index is 994. The van der Waals surface area contributed by atoms with Gasteiger partial charge in [-0.1, -0.05) is 12.5 Å². The third kappa shape index (κ3) is 2.17. The average molecular weight is 348 g/mol. The molecular formula is C24H28O2. The van der Waals surface area contributed by atoms with Gasteiger partial charge in [-0.2, -0.15) is 0 Å². The fraction of sp³-hybridized carbons (Fsp3) is 0.417. The largest absolute Gasteiger partial charge is 0.289 e. The lowest BCUT2D eigenvalue weighted by Crippen LogP contribution is -2.21.